The predicted molar refractivity (Wildman–Crippen MR) is 69.4 cm³/mol. The molecule has 0 saturated heterocycles. The monoisotopic (exact) mass is 272 g/mol. The first-order valence-electron chi connectivity index (χ1n) is 6.29. The Bertz CT molecular complexity index is 519. The van der Waals surface area contributed by atoms with Crippen molar-refractivity contribution in [2.75, 3.05) is 5.73 Å². The van der Waals surface area contributed by atoms with Crippen LogP contribution in [-0.4, -0.2) is 24.2 Å². The fourth-order valence-corrected chi connectivity index (χ4v) is 3.35. The molecular formula is C11H20N4O2S. The lowest BCUT2D eigenvalue weighted by atomic mass is 10.2. The quantitative estimate of drug-likeness (QED) is 0.807. The van der Waals surface area contributed by atoms with Gasteiger partial charge in [0, 0.05) is 18.8 Å². The number of sulfonamides is 1. The summed E-state index contributed by atoms with van der Waals surface area (Å²) in [6.45, 7) is 4.55. The number of rotatable bonds is 6. The number of hydrogen-bond acceptors (Lipinski definition) is 4. The molecule has 1 unspecified atom stereocenters. The molecule has 1 aliphatic rings. The minimum atomic E-state index is -3.55. The molecule has 102 valence electrons. The van der Waals surface area contributed by atoms with Gasteiger partial charge in [0.15, 0.2) is 5.82 Å². The van der Waals surface area contributed by atoms with Crippen LogP contribution in [0.3, 0.4) is 0 Å². The van der Waals surface area contributed by atoms with Crippen molar-refractivity contribution in [2.45, 2.75) is 50.6 Å². The molecule has 7 heteroatoms. The standard InChI is InChI=1S/C11H20N4O2S/c1-3-6-15-7-10(11(12)13-15)18(16,17)14-8(2)9-4-5-9/h7-9,14H,3-6H2,1-2H3,(H2,12,13). The van der Waals surface area contributed by atoms with Gasteiger partial charge in [-0.1, -0.05) is 6.92 Å². The maximum absolute atomic E-state index is 12.2. The van der Waals surface area contributed by atoms with Crippen molar-refractivity contribution in [1.82, 2.24) is 14.5 Å². The van der Waals surface area contributed by atoms with Gasteiger partial charge in [0.2, 0.25) is 10.0 Å². The maximum atomic E-state index is 12.2. The van der Waals surface area contributed by atoms with E-state index in [9.17, 15) is 8.42 Å². The smallest absolute Gasteiger partial charge is 0.246 e. The van der Waals surface area contributed by atoms with E-state index < -0.39 is 10.0 Å². The van der Waals surface area contributed by atoms with Crippen LogP contribution in [0, 0.1) is 5.92 Å². The minimum absolute atomic E-state index is 0.0380. The molecule has 1 heterocycles. The summed E-state index contributed by atoms with van der Waals surface area (Å²) in [4.78, 5) is 0.0865. The molecule has 3 N–H and O–H groups in total. The number of nitrogens with two attached hydrogens (primary N) is 1. The van der Waals surface area contributed by atoms with E-state index in [1.54, 1.807) is 4.68 Å². The highest BCUT2D eigenvalue weighted by Gasteiger charge is 2.32. The summed E-state index contributed by atoms with van der Waals surface area (Å²) in [7, 11) is -3.55. The van der Waals surface area contributed by atoms with E-state index >= 15 is 0 Å². The van der Waals surface area contributed by atoms with Crippen molar-refractivity contribution in [1.29, 1.82) is 0 Å². The van der Waals surface area contributed by atoms with Crippen molar-refractivity contribution in [3.8, 4) is 0 Å². The topological polar surface area (TPSA) is 90.0 Å². The van der Waals surface area contributed by atoms with E-state index in [0.717, 1.165) is 19.3 Å². The van der Waals surface area contributed by atoms with Gasteiger partial charge in [0.25, 0.3) is 0 Å². The molecule has 0 aliphatic heterocycles. The Labute approximate surface area is 108 Å². The SMILES string of the molecule is CCCn1cc(S(=O)(=O)NC(C)C2CC2)c(N)n1. The van der Waals surface area contributed by atoms with Gasteiger partial charge in [0.05, 0.1) is 0 Å². The summed E-state index contributed by atoms with van der Waals surface area (Å²) in [6, 6.07) is -0.0380. The van der Waals surface area contributed by atoms with Gasteiger partial charge < -0.3 is 5.73 Å². The van der Waals surface area contributed by atoms with E-state index in [4.69, 9.17) is 5.73 Å². The zero-order valence-electron chi connectivity index (χ0n) is 10.8. The van der Waals surface area contributed by atoms with Crippen LogP contribution in [0.1, 0.15) is 33.1 Å². The second kappa shape index (κ2) is 4.89. The highest BCUT2D eigenvalue weighted by molar-refractivity contribution is 7.89. The first-order chi connectivity index (χ1) is 8.44. The van der Waals surface area contributed by atoms with Gasteiger partial charge in [-0.15, -0.1) is 0 Å². The Morgan fingerprint density at radius 3 is 2.83 bits per heavy atom. The average Bonchev–Trinajstić information content (AvgIpc) is 3.03. The third-order valence-corrected chi connectivity index (χ3v) is 4.74. The third-order valence-electron chi connectivity index (χ3n) is 3.17. The van der Waals surface area contributed by atoms with E-state index in [1.807, 2.05) is 13.8 Å². The van der Waals surface area contributed by atoms with E-state index in [1.165, 1.54) is 6.20 Å². The van der Waals surface area contributed by atoms with Gasteiger partial charge >= 0.3 is 0 Å². The van der Waals surface area contributed by atoms with Crippen molar-refractivity contribution in [3.05, 3.63) is 6.20 Å². The molecule has 6 nitrogen and oxygen atoms in total. The van der Waals surface area contributed by atoms with Crippen molar-refractivity contribution >= 4 is 15.8 Å². The van der Waals surface area contributed by atoms with Crippen LogP contribution >= 0.6 is 0 Å². The van der Waals surface area contributed by atoms with Crippen molar-refractivity contribution in [3.63, 3.8) is 0 Å². The largest absolute Gasteiger partial charge is 0.381 e. The number of anilines is 1. The lowest BCUT2D eigenvalue weighted by Gasteiger charge is -2.12. The molecule has 2 rings (SSSR count). The van der Waals surface area contributed by atoms with Crippen LogP contribution in [0.15, 0.2) is 11.1 Å². The Hall–Kier alpha value is -1.08. The van der Waals surface area contributed by atoms with E-state index in [-0.39, 0.29) is 16.8 Å². The molecule has 1 saturated carbocycles. The maximum Gasteiger partial charge on any atom is 0.246 e. The van der Waals surface area contributed by atoms with Gasteiger partial charge in [-0.3, -0.25) is 4.68 Å². The highest BCUT2D eigenvalue weighted by atomic mass is 32.2. The number of aromatic nitrogens is 2. The Kier molecular flexibility index (Phi) is 3.63. The summed E-state index contributed by atoms with van der Waals surface area (Å²) in [5, 5.41) is 4.01. The van der Waals surface area contributed by atoms with E-state index in [2.05, 4.69) is 9.82 Å². The zero-order valence-corrected chi connectivity index (χ0v) is 11.6. The first-order valence-corrected chi connectivity index (χ1v) is 7.77. The summed E-state index contributed by atoms with van der Waals surface area (Å²) in [5.41, 5.74) is 5.67. The second-order valence-electron chi connectivity index (χ2n) is 4.89. The number of nitrogens with zero attached hydrogens (tertiary/aromatic N) is 2. The fraction of sp³-hybridized carbons (Fsp3) is 0.727. The van der Waals surface area contributed by atoms with E-state index in [0.29, 0.717) is 12.5 Å². The third kappa shape index (κ3) is 2.84. The second-order valence-corrected chi connectivity index (χ2v) is 6.57. The van der Waals surface area contributed by atoms with Crippen molar-refractivity contribution < 1.29 is 8.42 Å². The number of nitrogen functional groups attached to an aromatic ring is 1. The molecule has 0 radical (unpaired) electrons. The molecule has 0 amide bonds. The molecule has 18 heavy (non-hydrogen) atoms. The van der Waals surface area contributed by atoms with Gasteiger partial charge in [-0.05, 0) is 32.1 Å². The predicted octanol–water partition coefficient (Wildman–Crippen LogP) is 0.952. The Balaban J connectivity index is 2.17. The number of nitrogens with one attached hydrogen (secondary N) is 1. The normalized spacial score (nSPS) is 17.9. The molecular weight excluding hydrogens is 252 g/mol. The van der Waals surface area contributed by atoms with Crippen LogP contribution in [-0.2, 0) is 16.6 Å². The van der Waals surface area contributed by atoms with Crippen LogP contribution in [0.2, 0.25) is 0 Å². The molecule has 1 atom stereocenters. The summed E-state index contributed by atoms with van der Waals surface area (Å²) in [5.74, 6) is 0.533. The highest BCUT2D eigenvalue weighted by Crippen LogP contribution is 2.33. The van der Waals surface area contributed by atoms with Crippen LogP contribution < -0.4 is 10.5 Å². The molecule has 0 aromatic carbocycles. The van der Waals surface area contributed by atoms with Crippen molar-refractivity contribution in [2.24, 2.45) is 5.92 Å². The van der Waals surface area contributed by atoms with Crippen LogP contribution in [0.25, 0.3) is 0 Å². The Morgan fingerprint density at radius 1 is 1.61 bits per heavy atom. The summed E-state index contributed by atoms with van der Waals surface area (Å²) in [6.07, 6.45) is 4.57. The number of aryl methyl sites for hydroxylation is 1. The zero-order chi connectivity index (χ0) is 13.3. The van der Waals surface area contributed by atoms with Crippen LogP contribution in [0.4, 0.5) is 5.82 Å². The van der Waals surface area contributed by atoms with Gasteiger partial charge in [-0.25, -0.2) is 13.1 Å². The molecule has 0 spiro atoms. The molecule has 0 bridgehead atoms. The first kappa shape index (κ1) is 13.4. The molecule has 1 aliphatic carbocycles. The van der Waals surface area contributed by atoms with Gasteiger partial charge in [-0.2, -0.15) is 5.10 Å². The molecule has 1 aromatic rings. The van der Waals surface area contributed by atoms with Crippen LogP contribution in [0.5, 0.6) is 0 Å². The molecule has 1 aromatic heterocycles. The summed E-state index contributed by atoms with van der Waals surface area (Å²) >= 11 is 0. The number of hydrogen-bond donors (Lipinski definition) is 2. The van der Waals surface area contributed by atoms with Gasteiger partial charge in [0.1, 0.15) is 4.90 Å². The lowest BCUT2D eigenvalue weighted by molar-refractivity contribution is 0.538. The Morgan fingerprint density at radius 2 is 2.28 bits per heavy atom. The lowest BCUT2D eigenvalue weighted by Crippen LogP contribution is -2.34. The molecule has 1 fully saturated rings. The summed E-state index contributed by atoms with van der Waals surface area (Å²) < 4.78 is 28.6. The minimum Gasteiger partial charge on any atom is -0.381 e. The average molecular weight is 272 g/mol. The fourth-order valence-electron chi connectivity index (χ4n) is 1.97.